The zero-order chi connectivity index (χ0) is 13.5. The van der Waals surface area contributed by atoms with Gasteiger partial charge in [0.05, 0.1) is 0 Å². The van der Waals surface area contributed by atoms with E-state index in [2.05, 4.69) is 0 Å². The van der Waals surface area contributed by atoms with Crippen molar-refractivity contribution in [2.24, 2.45) is 0 Å². The summed E-state index contributed by atoms with van der Waals surface area (Å²) in [6, 6.07) is 6.73. The van der Waals surface area contributed by atoms with Crippen LogP contribution in [0.5, 0.6) is 5.75 Å². The van der Waals surface area contributed by atoms with Crippen LogP contribution in [0.1, 0.15) is 32.3 Å². The highest BCUT2D eigenvalue weighted by molar-refractivity contribution is 5.92. The third kappa shape index (κ3) is 4.05. The topological polar surface area (TPSA) is 63.6 Å². The first-order valence-corrected chi connectivity index (χ1v) is 5.81. The van der Waals surface area contributed by atoms with Crippen LogP contribution in [-0.2, 0) is 9.59 Å². The van der Waals surface area contributed by atoms with E-state index in [1.54, 1.807) is 44.2 Å². The number of rotatable bonds is 5. The zero-order valence-electron chi connectivity index (χ0n) is 10.5. The highest BCUT2D eigenvalue weighted by atomic mass is 16.5. The Morgan fingerprint density at radius 2 is 1.78 bits per heavy atom. The molecule has 0 aromatic heterocycles. The van der Waals surface area contributed by atoms with E-state index >= 15 is 0 Å². The molecule has 0 heterocycles. The van der Waals surface area contributed by atoms with Crippen molar-refractivity contribution in [3.63, 3.8) is 0 Å². The van der Waals surface area contributed by atoms with Gasteiger partial charge >= 0.3 is 11.9 Å². The Bertz CT molecular complexity index is 457. The first-order chi connectivity index (χ1) is 8.56. The van der Waals surface area contributed by atoms with E-state index in [4.69, 9.17) is 9.84 Å². The summed E-state index contributed by atoms with van der Waals surface area (Å²) in [4.78, 5) is 21.9. The van der Waals surface area contributed by atoms with Gasteiger partial charge in [-0.25, -0.2) is 4.79 Å². The van der Waals surface area contributed by atoms with Gasteiger partial charge in [-0.3, -0.25) is 4.79 Å². The van der Waals surface area contributed by atoms with Crippen molar-refractivity contribution in [2.75, 3.05) is 0 Å². The van der Waals surface area contributed by atoms with Gasteiger partial charge in [-0.15, -0.1) is 0 Å². The number of carbonyl (C=O) groups is 2. The molecule has 96 valence electrons. The summed E-state index contributed by atoms with van der Waals surface area (Å²) in [6.07, 6.45) is 2.39. The average Bonchev–Trinajstić information content (AvgIpc) is 2.37. The lowest BCUT2D eigenvalue weighted by atomic mass is 10.1. The van der Waals surface area contributed by atoms with Crippen molar-refractivity contribution >= 4 is 18.0 Å². The van der Waals surface area contributed by atoms with Crippen molar-refractivity contribution < 1.29 is 19.4 Å². The Balaban J connectivity index is 2.82. The molecule has 0 aliphatic rings. The number of hydrogen-bond donors (Lipinski definition) is 1. The molecule has 1 aromatic rings. The number of carboxylic acid groups (broad SMARTS) is 1. The molecular weight excluding hydrogens is 232 g/mol. The van der Waals surface area contributed by atoms with Crippen LogP contribution >= 0.6 is 0 Å². The number of ether oxygens (including phenoxy) is 1. The smallest absolute Gasteiger partial charge is 0.331 e. The summed E-state index contributed by atoms with van der Waals surface area (Å²) in [5, 5.41) is 8.90. The van der Waals surface area contributed by atoms with Gasteiger partial charge in [-0.05, 0) is 30.2 Å². The minimum atomic E-state index is -0.918. The van der Waals surface area contributed by atoms with E-state index in [0.717, 1.165) is 5.56 Å². The van der Waals surface area contributed by atoms with E-state index in [1.807, 2.05) is 0 Å². The molecule has 0 bridgehead atoms. The fourth-order valence-electron chi connectivity index (χ4n) is 1.35. The molecule has 0 aliphatic heterocycles. The summed E-state index contributed by atoms with van der Waals surface area (Å²) in [6.45, 7) is 3.51. The van der Waals surface area contributed by atoms with Gasteiger partial charge in [-0.1, -0.05) is 26.0 Å². The Labute approximate surface area is 106 Å². The summed E-state index contributed by atoms with van der Waals surface area (Å²) in [7, 11) is 0. The number of carbonyl (C=O) groups excluding carboxylic acids is 1. The van der Waals surface area contributed by atoms with Crippen LogP contribution in [-0.4, -0.2) is 17.0 Å². The second-order valence-electron chi connectivity index (χ2n) is 3.72. The van der Waals surface area contributed by atoms with Gasteiger partial charge in [-0.2, -0.15) is 0 Å². The molecule has 1 N–H and O–H groups in total. The molecule has 0 unspecified atom stereocenters. The fraction of sp³-hybridized carbons (Fsp3) is 0.286. The minimum absolute atomic E-state index is 0.293. The normalized spacial score (nSPS) is 11.1. The second kappa shape index (κ2) is 6.59. The molecule has 4 nitrogen and oxygen atoms in total. The second-order valence-corrected chi connectivity index (χ2v) is 3.72. The van der Waals surface area contributed by atoms with Gasteiger partial charge in [0.25, 0.3) is 0 Å². The lowest BCUT2D eigenvalue weighted by molar-refractivity contribution is -0.134. The Morgan fingerprint density at radius 1 is 1.17 bits per heavy atom. The molecule has 1 aromatic carbocycles. The minimum Gasteiger partial charge on any atom is -0.478 e. The van der Waals surface area contributed by atoms with Crippen molar-refractivity contribution in [1.82, 2.24) is 0 Å². The molecule has 0 saturated heterocycles. The maximum Gasteiger partial charge on any atom is 0.331 e. The van der Waals surface area contributed by atoms with Crippen LogP contribution in [0.25, 0.3) is 6.08 Å². The van der Waals surface area contributed by atoms with Crippen LogP contribution in [0.15, 0.2) is 29.8 Å². The SMILES string of the molecule is CCC(=O)Oc1ccc(/C=C(\CC)C(=O)O)cc1. The molecule has 0 radical (unpaired) electrons. The van der Waals surface area contributed by atoms with Gasteiger partial charge < -0.3 is 9.84 Å². The molecule has 0 atom stereocenters. The van der Waals surface area contributed by atoms with Gasteiger partial charge in [0.2, 0.25) is 0 Å². The van der Waals surface area contributed by atoms with E-state index in [1.165, 1.54) is 0 Å². The Hall–Kier alpha value is -2.10. The maximum absolute atomic E-state index is 11.1. The number of aliphatic carboxylic acids is 1. The quantitative estimate of drug-likeness (QED) is 0.494. The van der Waals surface area contributed by atoms with Crippen molar-refractivity contribution in [1.29, 1.82) is 0 Å². The molecular formula is C14H16O4. The Morgan fingerprint density at radius 3 is 2.22 bits per heavy atom. The highest BCUT2D eigenvalue weighted by Gasteiger charge is 2.05. The number of benzene rings is 1. The van der Waals surface area contributed by atoms with E-state index in [9.17, 15) is 9.59 Å². The zero-order valence-corrected chi connectivity index (χ0v) is 10.5. The highest BCUT2D eigenvalue weighted by Crippen LogP contribution is 2.16. The first kappa shape index (κ1) is 14.0. The van der Waals surface area contributed by atoms with Crippen molar-refractivity contribution in [2.45, 2.75) is 26.7 Å². The standard InChI is InChI=1S/C14H16O4/c1-3-11(14(16)17)9-10-5-7-12(8-6-10)18-13(15)4-2/h5-9H,3-4H2,1-2H3,(H,16,17)/b11-9+. The fourth-order valence-corrected chi connectivity index (χ4v) is 1.35. The van der Waals surface area contributed by atoms with Gasteiger partial charge in [0.1, 0.15) is 5.75 Å². The van der Waals surface area contributed by atoms with E-state index in [-0.39, 0.29) is 5.97 Å². The summed E-state index contributed by atoms with van der Waals surface area (Å²) < 4.78 is 5.02. The lowest BCUT2D eigenvalue weighted by Crippen LogP contribution is -2.05. The molecule has 0 spiro atoms. The predicted molar refractivity (Wildman–Crippen MR) is 68.3 cm³/mol. The summed E-state index contributed by atoms with van der Waals surface area (Å²) in [5.41, 5.74) is 1.11. The molecule has 4 heteroatoms. The Kier molecular flexibility index (Phi) is 5.11. The average molecular weight is 248 g/mol. The van der Waals surface area contributed by atoms with Crippen molar-refractivity contribution in [3.05, 3.63) is 35.4 Å². The van der Waals surface area contributed by atoms with Crippen LogP contribution in [0.4, 0.5) is 0 Å². The van der Waals surface area contributed by atoms with Crippen LogP contribution in [0.2, 0.25) is 0 Å². The number of hydrogen-bond acceptors (Lipinski definition) is 3. The van der Waals surface area contributed by atoms with Crippen LogP contribution in [0.3, 0.4) is 0 Å². The molecule has 1 rings (SSSR count). The van der Waals surface area contributed by atoms with E-state index < -0.39 is 5.97 Å². The molecule has 0 amide bonds. The largest absolute Gasteiger partial charge is 0.478 e. The van der Waals surface area contributed by atoms with Crippen LogP contribution in [0, 0.1) is 0 Å². The van der Waals surface area contributed by atoms with Crippen molar-refractivity contribution in [3.8, 4) is 5.75 Å². The van der Waals surface area contributed by atoms with Gasteiger partial charge in [0, 0.05) is 12.0 Å². The van der Waals surface area contributed by atoms with Gasteiger partial charge in [0.15, 0.2) is 0 Å². The predicted octanol–water partition coefficient (Wildman–Crippen LogP) is 2.88. The lowest BCUT2D eigenvalue weighted by Gasteiger charge is -2.03. The van der Waals surface area contributed by atoms with E-state index in [0.29, 0.717) is 24.2 Å². The summed E-state index contributed by atoms with van der Waals surface area (Å²) >= 11 is 0. The molecule has 0 fully saturated rings. The summed E-state index contributed by atoms with van der Waals surface area (Å²) in [5.74, 6) is -0.746. The van der Waals surface area contributed by atoms with Crippen LogP contribution < -0.4 is 4.74 Å². The third-order valence-corrected chi connectivity index (χ3v) is 2.40. The number of carboxylic acids is 1. The monoisotopic (exact) mass is 248 g/mol. The number of esters is 1. The maximum atomic E-state index is 11.1. The molecule has 0 aliphatic carbocycles. The third-order valence-electron chi connectivity index (χ3n) is 2.40. The molecule has 0 saturated carbocycles. The first-order valence-electron chi connectivity index (χ1n) is 5.81. The molecule has 18 heavy (non-hydrogen) atoms.